The van der Waals surface area contributed by atoms with Crippen molar-refractivity contribution in [3.63, 3.8) is 0 Å². The average molecular weight is 306 g/mol. The third kappa shape index (κ3) is 272. The Hall–Kier alpha value is 3.08. The first-order valence-electron chi connectivity index (χ1n) is 1.22. The smallest absolute Gasteiger partial charge is 0.870 e. The van der Waals surface area contributed by atoms with Crippen LogP contribution < -0.4 is 10.2 Å². The standard InChI is InChI=1S/2CH2O2S.3Ca.2H2O/c2*2-1(3)4;;;;;/h2*4H,(H,2,3);;;;2*1H2/q;;3*+2;;/p-6. The molecule has 0 atom stereocenters. The number of carbonyl (C=O) groups excluding carboxylic acids is 2. The molecule has 0 aromatic carbocycles. The molecule has 13 heavy (non-hydrogen) atoms. The van der Waals surface area contributed by atoms with E-state index in [-0.39, 0.29) is 124 Å². The second kappa shape index (κ2) is 36.3. The summed E-state index contributed by atoms with van der Waals surface area (Å²) in [6.07, 6.45) is 0. The number of hydrogen-bond acceptors (Lipinski definition) is 8. The predicted molar refractivity (Wildman–Crippen MR) is 46.7 cm³/mol. The maximum atomic E-state index is 8.70. The SMILES string of the molecule is O=C([O-])[S-].O=C([O-])[S-].[Ca+2].[Ca+2].[Ca+2].[OH-].[OH-]. The van der Waals surface area contributed by atoms with Gasteiger partial charge in [-0.15, -0.1) is 0 Å². The Labute approximate surface area is 176 Å². The van der Waals surface area contributed by atoms with Crippen molar-refractivity contribution in [2.24, 2.45) is 0 Å². The molecule has 0 heterocycles. The summed E-state index contributed by atoms with van der Waals surface area (Å²) < 4.78 is 0. The molecule has 0 aliphatic rings. The maximum Gasteiger partial charge on any atom is 2.00 e. The summed E-state index contributed by atoms with van der Waals surface area (Å²) >= 11 is 6.85. The van der Waals surface area contributed by atoms with Gasteiger partial charge in [0.15, 0.2) is 0 Å². The first kappa shape index (κ1) is 44.4. The third-order valence-corrected chi connectivity index (χ3v) is 0. The van der Waals surface area contributed by atoms with Crippen molar-refractivity contribution in [3.8, 4) is 0 Å². The van der Waals surface area contributed by atoms with Crippen LogP contribution in [0, 0.1) is 0 Å². The van der Waals surface area contributed by atoms with Crippen LogP contribution in [-0.4, -0.2) is 135 Å². The number of rotatable bonds is 0. The molecule has 0 aromatic rings. The number of carbonyl (C=O) groups is 2. The molecule has 0 unspecified atom stereocenters. The van der Waals surface area contributed by atoms with E-state index >= 15 is 0 Å². The summed E-state index contributed by atoms with van der Waals surface area (Å²) in [6, 6.07) is 0. The largest absolute Gasteiger partial charge is 2.00 e. The molecule has 11 heteroatoms. The second-order valence-corrected chi connectivity index (χ2v) is 1.17. The van der Waals surface area contributed by atoms with E-state index in [1.54, 1.807) is 0 Å². The molecule has 2 N–H and O–H groups in total. The van der Waals surface area contributed by atoms with Crippen molar-refractivity contribution in [1.29, 1.82) is 0 Å². The van der Waals surface area contributed by atoms with Gasteiger partial charge in [0.25, 0.3) is 0 Å². The predicted octanol–water partition coefficient (Wildman–Crippen LogP) is -3.74. The Kier molecular flexibility index (Phi) is 124. The number of hydrogen-bond donors (Lipinski definition) is 0. The van der Waals surface area contributed by atoms with Gasteiger partial charge in [-0.3, -0.25) is 0 Å². The molecule has 6 nitrogen and oxygen atoms in total. The molecule has 0 amide bonds. The van der Waals surface area contributed by atoms with Gasteiger partial charge in [-0.1, -0.05) is 10.6 Å². The van der Waals surface area contributed by atoms with Gasteiger partial charge in [0.1, 0.15) is 0 Å². The zero-order valence-corrected chi connectivity index (χ0v) is 14.7. The quantitative estimate of drug-likeness (QED) is 0.328. The third-order valence-electron chi connectivity index (χ3n) is 0. The molecule has 0 aliphatic heterocycles. The van der Waals surface area contributed by atoms with Crippen LogP contribution in [0.2, 0.25) is 0 Å². The molecule has 64 valence electrons. The summed E-state index contributed by atoms with van der Waals surface area (Å²) in [5, 5.41) is 14.4. The van der Waals surface area contributed by atoms with Gasteiger partial charge >= 0.3 is 113 Å². The Morgan fingerprint density at radius 1 is 0.769 bits per heavy atom. The topological polar surface area (TPSA) is 140 Å². The van der Waals surface area contributed by atoms with Crippen LogP contribution in [0.4, 0.5) is 9.59 Å². The Balaban J connectivity index is -0.00000000800. The van der Waals surface area contributed by atoms with Crippen LogP contribution in [0.3, 0.4) is 0 Å². The summed E-state index contributed by atoms with van der Waals surface area (Å²) in [4.78, 5) is 17.4. The van der Waals surface area contributed by atoms with Gasteiger partial charge in [0.05, 0.1) is 0 Å². The summed E-state index contributed by atoms with van der Waals surface area (Å²) in [5.41, 5.74) is 0. The van der Waals surface area contributed by atoms with Crippen LogP contribution in [0.25, 0.3) is 0 Å². The molecule has 0 radical (unpaired) electrons. The number of carboxylic acid groups (broad SMARTS) is 2. The van der Waals surface area contributed by atoms with Gasteiger partial charge in [0, 0.05) is 0 Å². The average Bonchev–Trinajstić information content (AvgIpc) is 1.25. The fourth-order valence-corrected chi connectivity index (χ4v) is 0. The first-order valence-corrected chi connectivity index (χ1v) is 2.04. The molecule has 0 aliphatic carbocycles. The Morgan fingerprint density at radius 3 is 0.769 bits per heavy atom. The van der Waals surface area contributed by atoms with Gasteiger partial charge in [-0.25, -0.2) is 0 Å². The zero-order chi connectivity index (χ0) is 7.15. The van der Waals surface area contributed by atoms with Gasteiger partial charge in [-0.05, 0) is 0 Å². The van der Waals surface area contributed by atoms with Crippen LogP contribution in [0.5, 0.6) is 0 Å². The van der Waals surface area contributed by atoms with E-state index < -0.39 is 10.6 Å². The minimum atomic E-state index is -1.50. The van der Waals surface area contributed by atoms with E-state index in [1.165, 1.54) is 0 Å². The van der Waals surface area contributed by atoms with E-state index in [0.29, 0.717) is 0 Å². The van der Waals surface area contributed by atoms with Crippen molar-refractivity contribution in [3.05, 3.63) is 0 Å². The van der Waals surface area contributed by atoms with E-state index in [9.17, 15) is 0 Å². The molecule has 0 spiro atoms. The second-order valence-electron chi connectivity index (χ2n) is 0.500. The molecular formula is C2H2Ca3O6S2. The molecular weight excluding hydrogens is 304 g/mol. The minimum Gasteiger partial charge on any atom is -0.870 e. The Morgan fingerprint density at radius 2 is 0.769 bits per heavy atom. The van der Waals surface area contributed by atoms with Crippen LogP contribution in [-0.2, 0) is 25.3 Å². The van der Waals surface area contributed by atoms with Gasteiger partial charge in [-0.2, -0.15) is 0 Å². The summed E-state index contributed by atoms with van der Waals surface area (Å²) in [5.74, 6) is 0. The normalized spacial score (nSPS) is 3.69. The molecule has 0 saturated carbocycles. The molecule has 0 aromatic heterocycles. The van der Waals surface area contributed by atoms with Crippen molar-refractivity contribution in [1.82, 2.24) is 0 Å². The van der Waals surface area contributed by atoms with Crippen LogP contribution in [0.15, 0.2) is 0 Å². The Bertz CT molecular complexity index is 81.9. The molecule has 0 rings (SSSR count). The van der Waals surface area contributed by atoms with E-state index in [0.717, 1.165) is 0 Å². The molecule has 0 saturated heterocycles. The summed E-state index contributed by atoms with van der Waals surface area (Å²) in [7, 11) is 0. The van der Waals surface area contributed by atoms with Crippen molar-refractivity contribution in [2.45, 2.75) is 0 Å². The van der Waals surface area contributed by atoms with E-state index in [2.05, 4.69) is 25.3 Å². The van der Waals surface area contributed by atoms with E-state index in [4.69, 9.17) is 19.8 Å². The van der Waals surface area contributed by atoms with Crippen LogP contribution >= 0.6 is 0 Å². The van der Waals surface area contributed by atoms with Crippen LogP contribution in [0.1, 0.15) is 0 Å². The fraction of sp³-hybridized carbons (Fsp3) is 0. The monoisotopic (exact) mass is 306 g/mol. The summed E-state index contributed by atoms with van der Waals surface area (Å²) in [6.45, 7) is 0. The van der Waals surface area contributed by atoms with Crippen molar-refractivity contribution < 1.29 is 30.8 Å². The van der Waals surface area contributed by atoms with Crippen molar-refractivity contribution >= 4 is 149 Å². The zero-order valence-electron chi connectivity index (χ0n) is 6.47. The minimum absolute atomic E-state index is 0. The van der Waals surface area contributed by atoms with E-state index in [1.807, 2.05) is 0 Å². The maximum absolute atomic E-state index is 8.70. The molecule has 0 fully saturated rings. The van der Waals surface area contributed by atoms with Crippen molar-refractivity contribution in [2.75, 3.05) is 0 Å². The van der Waals surface area contributed by atoms with Gasteiger partial charge in [0.2, 0.25) is 0 Å². The first-order chi connectivity index (χ1) is 3.46. The van der Waals surface area contributed by atoms with Gasteiger partial charge < -0.3 is 56.0 Å². The fourth-order valence-electron chi connectivity index (χ4n) is 0. The molecule has 0 bridgehead atoms.